The van der Waals surface area contributed by atoms with Gasteiger partial charge in [-0.1, -0.05) is 35.9 Å². The van der Waals surface area contributed by atoms with E-state index in [0.717, 1.165) is 5.56 Å². The first-order chi connectivity index (χ1) is 14.7. The van der Waals surface area contributed by atoms with Crippen LogP contribution in [0.25, 0.3) is 11.2 Å². The van der Waals surface area contributed by atoms with Crippen molar-refractivity contribution in [2.45, 2.75) is 18.4 Å². The van der Waals surface area contributed by atoms with E-state index in [4.69, 9.17) is 17.3 Å². The van der Waals surface area contributed by atoms with Gasteiger partial charge in [0.1, 0.15) is 17.0 Å². The Balaban J connectivity index is 1.67. The number of anilines is 1. The summed E-state index contributed by atoms with van der Waals surface area (Å²) in [4.78, 5) is 21.5. The Morgan fingerprint density at radius 3 is 2.55 bits per heavy atom. The van der Waals surface area contributed by atoms with Gasteiger partial charge in [-0.3, -0.25) is 4.79 Å². The molecule has 0 spiro atoms. The van der Waals surface area contributed by atoms with Crippen molar-refractivity contribution in [1.82, 2.24) is 19.3 Å². The molecule has 1 amide bonds. The molecule has 0 bridgehead atoms. The van der Waals surface area contributed by atoms with Gasteiger partial charge in [-0.05, 0) is 48.9 Å². The Morgan fingerprint density at radius 1 is 1.10 bits per heavy atom. The first-order valence-corrected chi connectivity index (χ1v) is 11.1. The molecule has 0 aliphatic rings. The van der Waals surface area contributed by atoms with Crippen molar-refractivity contribution in [2.75, 3.05) is 5.73 Å². The standard InChI is InChI=1S/C21H18ClN5O3S/c1-13-24-18-9-10-19(21(28)26-31(29,30)16-5-3-2-4-6-16)25-20(18)27(13)12-14-7-8-15(23)11-17(14)22/h2-11H,12,23H2,1H3,(H,26,28). The number of nitrogens with one attached hydrogen (secondary N) is 1. The van der Waals surface area contributed by atoms with Gasteiger partial charge in [0.25, 0.3) is 15.9 Å². The van der Waals surface area contributed by atoms with Gasteiger partial charge < -0.3 is 10.3 Å². The molecule has 0 unspecified atom stereocenters. The molecule has 0 aliphatic heterocycles. The van der Waals surface area contributed by atoms with Crippen molar-refractivity contribution in [3.8, 4) is 0 Å². The smallest absolute Gasteiger partial charge is 0.283 e. The minimum atomic E-state index is -4.02. The van der Waals surface area contributed by atoms with E-state index < -0.39 is 15.9 Å². The van der Waals surface area contributed by atoms with Crippen molar-refractivity contribution < 1.29 is 13.2 Å². The van der Waals surface area contributed by atoms with Crippen molar-refractivity contribution in [3.63, 3.8) is 0 Å². The Hall–Kier alpha value is -3.43. The number of carbonyl (C=O) groups excluding carboxylic acids is 1. The number of imidazole rings is 1. The molecule has 2 heterocycles. The highest BCUT2D eigenvalue weighted by atomic mass is 35.5. The summed E-state index contributed by atoms with van der Waals surface area (Å²) in [6, 6.07) is 15.9. The lowest BCUT2D eigenvalue weighted by molar-refractivity contribution is 0.0977. The molecule has 0 atom stereocenters. The van der Waals surface area contributed by atoms with Crippen molar-refractivity contribution in [2.24, 2.45) is 0 Å². The van der Waals surface area contributed by atoms with Crippen LogP contribution >= 0.6 is 11.6 Å². The molecule has 2 aromatic carbocycles. The monoisotopic (exact) mass is 455 g/mol. The zero-order chi connectivity index (χ0) is 22.2. The number of benzene rings is 2. The summed E-state index contributed by atoms with van der Waals surface area (Å²) >= 11 is 6.30. The number of pyridine rings is 1. The molecule has 4 rings (SSSR count). The lowest BCUT2D eigenvalue weighted by Crippen LogP contribution is -2.31. The maximum absolute atomic E-state index is 12.6. The number of rotatable bonds is 5. The van der Waals surface area contributed by atoms with Gasteiger partial charge in [0.05, 0.1) is 11.4 Å². The van der Waals surface area contributed by atoms with E-state index in [9.17, 15) is 13.2 Å². The van der Waals surface area contributed by atoms with E-state index in [1.165, 1.54) is 18.2 Å². The molecule has 0 saturated carbocycles. The van der Waals surface area contributed by atoms with Crippen molar-refractivity contribution in [3.05, 3.63) is 82.8 Å². The molecule has 31 heavy (non-hydrogen) atoms. The number of fused-ring (bicyclic) bond motifs is 1. The average molecular weight is 456 g/mol. The SMILES string of the molecule is Cc1nc2ccc(C(=O)NS(=O)(=O)c3ccccc3)nc2n1Cc1ccc(N)cc1Cl. The van der Waals surface area contributed by atoms with Crippen LogP contribution in [0.4, 0.5) is 5.69 Å². The van der Waals surface area contributed by atoms with E-state index in [1.54, 1.807) is 41.0 Å². The number of nitrogens with zero attached hydrogens (tertiary/aromatic N) is 3. The summed E-state index contributed by atoms with van der Waals surface area (Å²) in [5.41, 5.74) is 8.09. The maximum Gasteiger partial charge on any atom is 0.283 e. The summed E-state index contributed by atoms with van der Waals surface area (Å²) in [7, 11) is -4.02. The summed E-state index contributed by atoms with van der Waals surface area (Å²) in [5, 5.41) is 0.504. The van der Waals surface area contributed by atoms with Crippen molar-refractivity contribution >= 4 is 44.4 Å². The highest BCUT2D eigenvalue weighted by Gasteiger charge is 2.20. The van der Waals surface area contributed by atoms with E-state index in [0.29, 0.717) is 34.2 Å². The fourth-order valence-electron chi connectivity index (χ4n) is 3.13. The third-order valence-corrected chi connectivity index (χ3v) is 6.40. The molecule has 0 fully saturated rings. The number of nitrogens with two attached hydrogens (primary N) is 1. The zero-order valence-electron chi connectivity index (χ0n) is 16.4. The first kappa shape index (κ1) is 20.8. The van der Waals surface area contributed by atoms with Crippen LogP contribution in [-0.4, -0.2) is 28.9 Å². The first-order valence-electron chi connectivity index (χ1n) is 9.24. The second-order valence-corrected chi connectivity index (χ2v) is 8.97. The van der Waals surface area contributed by atoms with Crippen molar-refractivity contribution in [1.29, 1.82) is 0 Å². The highest BCUT2D eigenvalue weighted by molar-refractivity contribution is 7.90. The summed E-state index contributed by atoms with van der Waals surface area (Å²) in [6.07, 6.45) is 0. The zero-order valence-corrected chi connectivity index (χ0v) is 18.0. The molecule has 0 saturated heterocycles. The van der Waals surface area contributed by atoms with E-state index in [2.05, 4.69) is 14.7 Å². The lowest BCUT2D eigenvalue weighted by atomic mass is 10.2. The van der Waals surface area contributed by atoms with Gasteiger partial charge >= 0.3 is 0 Å². The van der Waals surface area contributed by atoms with Crippen LogP contribution in [0.1, 0.15) is 21.9 Å². The Morgan fingerprint density at radius 2 is 1.84 bits per heavy atom. The van der Waals surface area contributed by atoms with Crippen LogP contribution < -0.4 is 10.5 Å². The molecule has 3 N–H and O–H groups in total. The highest BCUT2D eigenvalue weighted by Crippen LogP contribution is 2.23. The van der Waals surface area contributed by atoms with E-state index >= 15 is 0 Å². The fraction of sp³-hybridized carbons (Fsp3) is 0.0952. The summed E-state index contributed by atoms with van der Waals surface area (Å²) < 4.78 is 28.8. The number of sulfonamides is 1. The molecule has 158 valence electrons. The van der Waals surface area contributed by atoms with E-state index in [-0.39, 0.29) is 10.6 Å². The number of nitrogen functional groups attached to an aromatic ring is 1. The fourth-order valence-corrected chi connectivity index (χ4v) is 4.36. The number of carbonyl (C=O) groups is 1. The summed E-state index contributed by atoms with van der Waals surface area (Å²) in [6.45, 7) is 2.17. The third kappa shape index (κ3) is 4.23. The molecular weight excluding hydrogens is 438 g/mol. The average Bonchev–Trinajstić information content (AvgIpc) is 3.04. The maximum atomic E-state index is 12.6. The number of aromatic nitrogens is 3. The van der Waals surface area contributed by atoms with Crippen LogP contribution in [-0.2, 0) is 16.6 Å². The number of halogens is 1. The largest absolute Gasteiger partial charge is 0.399 e. The second kappa shape index (κ2) is 8.01. The predicted molar refractivity (Wildman–Crippen MR) is 118 cm³/mol. The molecule has 0 radical (unpaired) electrons. The molecule has 10 heteroatoms. The summed E-state index contributed by atoms with van der Waals surface area (Å²) in [5.74, 6) is -0.161. The molecule has 8 nitrogen and oxygen atoms in total. The van der Waals surface area contributed by atoms with Gasteiger partial charge in [0.2, 0.25) is 0 Å². The Labute approximate surface area is 183 Å². The van der Waals surface area contributed by atoms with Gasteiger partial charge in [0.15, 0.2) is 5.65 Å². The number of hydrogen-bond acceptors (Lipinski definition) is 6. The molecule has 0 aliphatic carbocycles. The molecular formula is C21H18ClN5O3S. The number of aryl methyl sites for hydroxylation is 1. The van der Waals surface area contributed by atoms with Crippen LogP contribution in [0.3, 0.4) is 0 Å². The van der Waals surface area contributed by atoms with Crippen LogP contribution in [0.2, 0.25) is 5.02 Å². The Kier molecular flexibility index (Phi) is 5.38. The van der Waals surface area contributed by atoms with Crippen LogP contribution in [0.5, 0.6) is 0 Å². The Bertz CT molecular complexity index is 1400. The molecule has 4 aromatic rings. The minimum absolute atomic E-state index is 0.0108. The third-order valence-electron chi connectivity index (χ3n) is 4.70. The predicted octanol–water partition coefficient (Wildman–Crippen LogP) is 3.14. The van der Waals surface area contributed by atoms with Crippen LogP contribution in [0, 0.1) is 6.92 Å². The lowest BCUT2D eigenvalue weighted by Gasteiger charge is -2.10. The van der Waals surface area contributed by atoms with Gasteiger partial charge in [-0.2, -0.15) is 0 Å². The normalized spacial score (nSPS) is 11.5. The second-order valence-electron chi connectivity index (χ2n) is 6.88. The van der Waals surface area contributed by atoms with Gasteiger partial charge in [0, 0.05) is 10.7 Å². The minimum Gasteiger partial charge on any atom is -0.399 e. The van der Waals surface area contributed by atoms with Gasteiger partial charge in [-0.25, -0.2) is 23.1 Å². The van der Waals surface area contributed by atoms with Gasteiger partial charge in [-0.15, -0.1) is 0 Å². The number of amides is 1. The topological polar surface area (TPSA) is 120 Å². The van der Waals surface area contributed by atoms with Crippen LogP contribution in [0.15, 0.2) is 65.6 Å². The number of hydrogen-bond donors (Lipinski definition) is 2. The molecule has 2 aromatic heterocycles. The quantitative estimate of drug-likeness (QED) is 0.446. The van der Waals surface area contributed by atoms with E-state index in [1.807, 2.05) is 13.0 Å².